The first-order valence-electron chi connectivity index (χ1n) is 6.79. The summed E-state index contributed by atoms with van der Waals surface area (Å²) in [5.41, 5.74) is 7.22. The summed E-state index contributed by atoms with van der Waals surface area (Å²) in [6, 6.07) is 4.04. The quantitative estimate of drug-likeness (QED) is 0.866. The normalized spacial score (nSPS) is 21.8. The molecule has 2 atom stereocenters. The standard InChI is InChI=1S/C15H17F2N3/c1-8-5-9(2)20-13(6-8)19-14(15(20)18)10-3-4-11(16)12(17)7-10/h3-4,7-9H,5-6,18H2,1-2H3. The summed E-state index contributed by atoms with van der Waals surface area (Å²) in [4.78, 5) is 4.54. The van der Waals surface area contributed by atoms with Crippen LogP contribution in [0.2, 0.25) is 0 Å². The molecule has 2 unspecified atom stereocenters. The summed E-state index contributed by atoms with van der Waals surface area (Å²) >= 11 is 0. The van der Waals surface area contributed by atoms with Crippen LogP contribution in [0.4, 0.5) is 14.6 Å². The molecule has 0 bridgehead atoms. The summed E-state index contributed by atoms with van der Waals surface area (Å²) in [7, 11) is 0. The highest BCUT2D eigenvalue weighted by molar-refractivity contribution is 5.71. The Bertz CT molecular complexity index is 663. The molecule has 20 heavy (non-hydrogen) atoms. The first-order chi connectivity index (χ1) is 9.47. The molecule has 1 aliphatic rings. The molecule has 5 heteroatoms. The van der Waals surface area contributed by atoms with Gasteiger partial charge in [-0.3, -0.25) is 0 Å². The van der Waals surface area contributed by atoms with Gasteiger partial charge in [0.2, 0.25) is 0 Å². The number of benzene rings is 1. The molecule has 0 saturated heterocycles. The van der Waals surface area contributed by atoms with Gasteiger partial charge in [-0.05, 0) is 37.5 Å². The lowest BCUT2D eigenvalue weighted by atomic mass is 9.95. The van der Waals surface area contributed by atoms with E-state index in [4.69, 9.17) is 5.73 Å². The van der Waals surface area contributed by atoms with E-state index < -0.39 is 11.6 Å². The van der Waals surface area contributed by atoms with E-state index in [2.05, 4.69) is 18.8 Å². The van der Waals surface area contributed by atoms with Gasteiger partial charge in [0.05, 0.1) is 0 Å². The molecule has 2 aromatic rings. The van der Waals surface area contributed by atoms with Crippen molar-refractivity contribution in [3.8, 4) is 11.3 Å². The third-order valence-electron chi connectivity index (χ3n) is 3.93. The van der Waals surface area contributed by atoms with Crippen LogP contribution in [0.3, 0.4) is 0 Å². The molecular formula is C15H17F2N3. The third-order valence-corrected chi connectivity index (χ3v) is 3.93. The van der Waals surface area contributed by atoms with Crippen LogP contribution in [0.25, 0.3) is 11.3 Å². The van der Waals surface area contributed by atoms with E-state index in [-0.39, 0.29) is 6.04 Å². The van der Waals surface area contributed by atoms with E-state index in [0.717, 1.165) is 30.8 Å². The highest BCUT2D eigenvalue weighted by atomic mass is 19.2. The maximum absolute atomic E-state index is 13.4. The first kappa shape index (κ1) is 13.1. The van der Waals surface area contributed by atoms with Crippen molar-refractivity contribution < 1.29 is 8.78 Å². The van der Waals surface area contributed by atoms with Crippen molar-refractivity contribution in [2.24, 2.45) is 5.92 Å². The molecule has 2 heterocycles. The van der Waals surface area contributed by atoms with Gasteiger partial charge < -0.3 is 10.3 Å². The molecule has 0 fully saturated rings. The van der Waals surface area contributed by atoms with Crippen molar-refractivity contribution in [3.63, 3.8) is 0 Å². The smallest absolute Gasteiger partial charge is 0.159 e. The molecule has 1 aromatic heterocycles. The van der Waals surface area contributed by atoms with Gasteiger partial charge in [0.1, 0.15) is 17.3 Å². The van der Waals surface area contributed by atoms with Crippen LogP contribution in [0.1, 0.15) is 32.1 Å². The molecule has 0 amide bonds. The Hall–Kier alpha value is -1.91. The van der Waals surface area contributed by atoms with Crippen LogP contribution < -0.4 is 5.73 Å². The summed E-state index contributed by atoms with van der Waals surface area (Å²) in [6.45, 7) is 4.29. The van der Waals surface area contributed by atoms with Crippen molar-refractivity contribution in [1.82, 2.24) is 9.55 Å². The lowest BCUT2D eigenvalue weighted by Gasteiger charge is -2.27. The number of rotatable bonds is 1. The number of nitrogen functional groups attached to an aromatic ring is 1. The van der Waals surface area contributed by atoms with Crippen LogP contribution in [-0.4, -0.2) is 9.55 Å². The van der Waals surface area contributed by atoms with Gasteiger partial charge >= 0.3 is 0 Å². The zero-order chi connectivity index (χ0) is 14.4. The van der Waals surface area contributed by atoms with Crippen molar-refractivity contribution in [1.29, 1.82) is 0 Å². The van der Waals surface area contributed by atoms with Gasteiger partial charge in [-0.2, -0.15) is 0 Å². The van der Waals surface area contributed by atoms with Crippen LogP contribution in [0, 0.1) is 17.6 Å². The predicted molar refractivity (Wildman–Crippen MR) is 74.2 cm³/mol. The number of hydrogen-bond acceptors (Lipinski definition) is 2. The predicted octanol–water partition coefficient (Wildman–Crippen LogP) is 3.55. The molecular weight excluding hydrogens is 260 g/mol. The lowest BCUT2D eigenvalue weighted by Crippen LogP contribution is -2.22. The van der Waals surface area contributed by atoms with Crippen LogP contribution >= 0.6 is 0 Å². The van der Waals surface area contributed by atoms with Crippen LogP contribution in [-0.2, 0) is 6.42 Å². The number of halogens is 2. The molecule has 106 valence electrons. The largest absolute Gasteiger partial charge is 0.383 e. The van der Waals surface area contributed by atoms with Crippen molar-refractivity contribution in [3.05, 3.63) is 35.7 Å². The Morgan fingerprint density at radius 2 is 2.00 bits per heavy atom. The number of hydrogen-bond donors (Lipinski definition) is 1. The Kier molecular flexibility index (Phi) is 3.00. The molecule has 0 aliphatic carbocycles. The zero-order valence-electron chi connectivity index (χ0n) is 11.5. The van der Waals surface area contributed by atoms with Gasteiger partial charge in [0, 0.05) is 18.0 Å². The third kappa shape index (κ3) is 1.97. The molecule has 1 aromatic carbocycles. The Balaban J connectivity index is 2.11. The molecule has 3 nitrogen and oxygen atoms in total. The average molecular weight is 277 g/mol. The van der Waals surface area contributed by atoms with Gasteiger partial charge in [-0.1, -0.05) is 6.92 Å². The van der Waals surface area contributed by atoms with Gasteiger partial charge in [0.15, 0.2) is 11.6 Å². The molecule has 0 saturated carbocycles. The Morgan fingerprint density at radius 3 is 2.70 bits per heavy atom. The number of nitrogens with two attached hydrogens (primary N) is 1. The number of nitrogens with zero attached hydrogens (tertiary/aromatic N) is 2. The maximum Gasteiger partial charge on any atom is 0.159 e. The second-order valence-corrected chi connectivity index (χ2v) is 5.65. The lowest BCUT2D eigenvalue weighted by molar-refractivity contribution is 0.346. The summed E-state index contributed by atoms with van der Waals surface area (Å²) in [5.74, 6) is 0.267. The topological polar surface area (TPSA) is 43.8 Å². The molecule has 0 spiro atoms. The second-order valence-electron chi connectivity index (χ2n) is 5.65. The Morgan fingerprint density at radius 1 is 1.25 bits per heavy atom. The van der Waals surface area contributed by atoms with Crippen molar-refractivity contribution >= 4 is 5.82 Å². The average Bonchev–Trinajstić information content (AvgIpc) is 2.70. The Labute approximate surface area is 116 Å². The van der Waals surface area contributed by atoms with Crippen molar-refractivity contribution in [2.45, 2.75) is 32.7 Å². The SMILES string of the molecule is CC1Cc2nc(-c3ccc(F)c(F)c3)c(N)n2C(C)C1. The minimum Gasteiger partial charge on any atom is -0.383 e. The summed E-state index contributed by atoms with van der Waals surface area (Å²) in [6.07, 6.45) is 1.91. The minimum atomic E-state index is -0.880. The monoisotopic (exact) mass is 277 g/mol. The fourth-order valence-corrected chi connectivity index (χ4v) is 3.07. The highest BCUT2D eigenvalue weighted by Gasteiger charge is 2.27. The summed E-state index contributed by atoms with van der Waals surface area (Å²) < 4.78 is 28.4. The van der Waals surface area contributed by atoms with Gasteiger partial charge in [-0.15, -0.1) is 0 Å². The van der Waals surface area contributed by atoms with E-state index in [9.17, 15) is 8.78 Å². The van der Waals surface area contributed by atoms with E-state index in [0.29, 0.717) is 23.0 Å². The number of fused-ring (bicyclic) bond motifs is 1. The second kappa shape index (κ2) is 4.58. The minimum absolute atomic E-state index is 0.278. The first-order valence-corrected chi connectivity index (χ1v) is 6.79. The number of imidazole rings is 1. The van der Waals surface area contributed by atoms with E-state index in [1.807, 2.05) is 4.57 Å². The number of anilines is 1. The number of aromatic nitrogens is 2. The van der Waals surface area contributed by atoms with Crippen LogP contribution in [0.15, 0.2) is 18.2 Å². The van der Waals surface area contributed by atoms with Crippen molar-refractivity contribution in [2.75, 3.05) is 5.73 Å². The van der Waals surface area contributed by atoms with Gasteiger partial charge in [-0.25, -0.2) is 13.8 Å². The molecule has 0 radical (unpaired) electrons. The fourth-order valence-electron chi connectivity index (χ4n) is 3.07. The zero-order valence-corrected chi connectivity index (χ0v) is 11.5. The maximum atomic E-state index is 13.4. The molecule has 1 aliphatic heterocycles. The van der Waals surface area contributed by atoms with E-state index in [1.54, 1.807) is 0 Å². The fraction of sp³-hybridized carbons (Fsp3) is 0.400. The molecule has 3 rings (SSSR count). The highest BCUT2D eigenvalue weighted by Crippen LogP contribution is 2.36. The van der Waals surface area contributed by atoms with Crippen LogP contribution in [0.5, 0.6) is 0 Å². The van der Waals surface area contributed by atoms with E-state index in [1.165, 1.54) is 6.07 Å². The summed E-state index contributed by atoms with van der Waals surface area (Å²) in [5, 5.41) is 0. The molecule has 2 N–H and O–H groups in total. The van der Waals surface area contributed by atoms with Gasteiger partial charge in [0.25, 0.3) is 0 Å². The van der Waals surface area contributed by atoms with E-state index >= 15 is 0 Å².